The molecule has 2 N–H and O–H groups in total. The maximum Gasteiger partial charge on any atom is 0.416 e. The number of hydrogen-bond acceptors (Lipinski definition) is 5. The van der Waals surface area contributed by atoms with Crippen LogP contribution in [0.4, 0.5) is 22.7 Å². The van der Waals surface area contributed by atoms with E-state index in [0.717, 1.165) is 35.6 Å². The van der Waals surface area contributed by atoms with Gasteiger partial charge in [-0.2, -0.15) is 13.2 Å². The second-order valence-electron chi connectivity index (χ2n) is 5.96. The number of halogens is 4. The van der Waals surface area contributed by atoms with Crippen LogP contribution in [-0.2, 0) is 22.7 Å². The van der Waals surface area contributed by atoms with E-state index in [4.69, 9.17) is 0 Å². The SMILES string of the molecule is O=C(NCc1ccc(C(F)(F)F)cc1)c1ccc(S(=O)(=O)Nc2nccs2)cc1F. The average Bonchev–Trinajstić information content (AvgIpc) is 3.18. The van der Waals surface area contributed by atoms with Gasteiger partial charge in [0.25, 0.3) is 15.9 Å². The lowest BCUT2D eigenvalue weighted by Gasteiger charge is -2.10. The van der Waals surface area contributed by atoms with Crippen molar-refractivity contribution < 1.29 is 30.8 Å². The Labute approximate surface area is 172 Å². The molecule has 0 bridgehead atoms. The number of nitrogens with one attached hydrogen (secondary N) is 2. The lowest BCUT2D eigenvalue weighted by atomic mass is 10.1. The summed E-state index contributed by atoms with van der Waals surface area (Å²) in [6.07, 6.45) is -3.07. The topological polar surface area (TPSA) is 88.2 Å². The zero-order valence-electron chi connectivity index (χ0n) is 14.9. The number of hydrogen-bond donors (Lipinski definition) is 2. The van der Waals surface area contributed by atoms with Crippen LogP contribution < -0.4 is 10.0 Å². The van der Waals surface area contributed by atoms with Crippen LogP contribution >= 0.6 is 11.3 Å². The highest BCUT2D eigenvalue weighted by Gasteiger charge is 2.30. The molecule has 12 heteroatoms. The molecule has 158 valence electrons. The zero-order chi connectivity index (χ0) is 21.9. The van der Waals surface area contributed by atoms with E-state index in [1.165, 1.54) is 18.3 Å². The summed E-state index contributed by atoms with van der Waals surface area (Å²) in [4.78, 5) is 15.6. The number of anilines is 1. The Bertz CT molecular complexity index is 1150. The Morgan fingerprint density at radius 1 is 1.10 bits per heavy atom. The lowest BCUT2D eigenvalue weighted by molar-refractivity contribution is -0.137. The molecular weight excluding hydrogens is 446 g/mol. The van der Waals surface area contributed by atoms with Crippen molar-refractivity contribution in [1.29, 1.82) is 0 Å². The molecule has 6 nitrogen and oxygen atoms in total. The molecule has 0 saturated carbocycles. The quantitative estimate of drug-likeness (QED) is 0.545. The number of thiazole rings is 1. The molecule has 1 aromatic heterocycles. The molecule has 0 aliphatic rings. The van der Waals surface area contributed by atoms with Crippen LogP contribution in [0.2, 0.25) is 0 Å². The predicted octanol–water partition coefficient (Wildman–Crippen LogP) is 4.03. The van der Waals surface area contributed by atoms with Gasteiger partial charge in [-0.1, -0.05) is 12.1 Å². The number of carbonyl (C=O) groups is 1. The summed E-state index contributed by atoms with van der Waals surface area (Å²) in [6.45, 7) is -0.137. The van der Waals surface area contributed by atoms with E-state index in [1.54, 1.807) is 5.38 Å². The van der Waals surface area contributed by atoms with E-state index < -0.39 is 43.9 Å². The van der Waals surface area contributed by atoms with Crippen LogP contribution in [0, 0.1) is 5.82 Å². The van der Waals surface area contributed by atoms with Crippen molar-refractivity contribution >= 4 is 32.4 Å². The number of rotatable bonds is 6. The molecule has 0 spiro atoms. The number of amides is 1. The number of carbonyl (C=O) groups excluding carboxylic acids is 1. The van der Waals surface area contributed by atoms with Gasteiger partial charge in [0.2, 0.25) is 0 Å². The van der Waals surface area contributed by atoms with Crippen molar-refractivity contribution in [3.05, 3.63) is 76.5 Å². The van der Waals surface area contributed by atoms with E-state index in [0.29, 0.717) is 11.6 Å². The van der Waals surface area contributed by atoms with Crippen LogP contribution in [-0.4, -0.2) is 19.3 Å². The van der Waals surface area contributed by atoms with Crippen molar-refractivity contribution in [3.63, 3.8) is 0 Å². The van der Waals surface area contributed by atoms with E-state index >= 15 is 0 Å². The lowest BCUT2D eigenvalue weighted by Crippen LogP contribution is -2.24. The number of sulfonamides is 1. The minimum atomic E-state index is -4.47. The van der Waals surface area contributed by atoms with Crippen LogP contribution in [0.3, 0.4) is 0 Å². The third kappa shape index (κ3) is 5.13. The highest BCUT2D eigenvalue weighted by atomic mass is 32.2. The molecule has 0 radical (unpaired) electrons. The van der Waals surface area contributed by atoms with Crippen molar-refractivity contribution in [1.82, 2.24) is 10.3 Å². The molecule has 1 amide bonds. The van der Waals surface area contributed by atoms with Gasteiger partial charge in [0.05, 0.1) is 16.0 Å². The molecule has 0 unspecified atom stereocenters. The number of alkyl halides is 3. The van der Waals surface area contributed by atoms with Gasteiger partial charge < -0.3 is 5.32 Å². The van der Waals surface area contributed by atoms with Crippen LogP contribution in [0.5, 0.6) is 0 Å². The Morgan fingerprint density at radius 3 is 2.37 bits per heavy atom. The van der Waals surface area contributed by atoms with Gasteiger partial charge in [-0.05, 0) is 35.9 Å². The molecule has 0 saturated heterocycles. The van der Waals surface area contributed by atoms with Crippen molar-refractivity contribution in [2.45, 2.75) is 17.6 Å². The van der Waals surface area contributed by atoms with Gasteiger partial charge in [-0.25, -0.2) is 17.8 Å². The average molecular weight is 459 g/mol. The van der Waals surface area contributed by atoms with Crippen LogP contribution in [0.15, 0.2) is 58.9 Å². The summed E-state index contributed by atoms with van der Waals surface area (Å²) in [5.41, 5.74) is -0.856. The summed E-state index contributed by atoms with van der Waals surface area (Å²) in [7, 11) is -4.09. The first-order chi connectivity index (χ1) is 14.1. The van der Waals surface area contributed by atoms with Gasteiger partial charge in [0, 0.05) is 18.1 Å². The van der Waals surface area contributed by atoms with Crippen LogP contribution in [0.1, 0.15) is 21.5 Å². The maximum absolute atomic E-state index is 14.3. The molecule has 30 heavy (non-hydrogen) atoms. The Kier molecular flexibility index (Phi) is 6.08. The third-order valence-corrected chi connectivity index (χ3v) is 6.04. The van der Waals surface area contributed by atoms with Crippen molar-refractivity contribution in [3.8, 4) is 0 Å². The van der Waals surface area contributed by atoms with Gasteiger partial charge in [-0.3, -0.25) is 9.52 Å². The second-order valence-corrected chi connectivity index (χ2v) is 8.54. The maximum atomic E-state index is 14.3. The fourth-order valence-electron chi connectivity index (χ4n) is 2.38. The summed E-state index contributed by atoms with van der Waals surface area (Å²) >= 11 is 1.04. The number of nitrogens with zero attached hydrogens (tertiary/aromatic N) is 1. The normalized spacial score (nSPS) is 11.9. The molecule has 0 fully saturated rings. The van der Waals surface area contributed by atoms with E-state index in [2.05, 4.69) is 15.0 Å². The van der Waals surface area contributed by atoms with Crippen molar-refractivity contribution in [2.24, 2.45) is 0 Å². The van der Waals surface area contributed by atoms with Gasteiger partial charge in [0.15, 0.2) is 5.13 Å². The van der Waals surface area contributed by atoms with E-state index in [1.807, 2.05) is 0 Å². The minimum absolute atomic E-state index is 0.105. The van der Waals surface area contributed by atoms with Gasteiger partial charge in [0.1, 0.15) is 5.82 Å². The first kappa shape index (κ1) is 21.7. The molecule has 1 heterocycles. The van der Waals surface area contributed by atoms with Gasteiger partial charge >= 0.3 is 6.18 Å². The van der Waals surface area contributed by atoms with Crippen LogP contribution in [0.25, 0.3) is 0 Å². The van der Waals surface area contributed by atoms with E-state index in [9.17, 15) is 30.8 Å². The first-order valence-electron chi connectivity index (χ1n) is 8.22. The monoisotopic (exact) mass is 459 g/mol. The fourth-order valence-corrected chi connectivity index (χ4v) is 4.18. The molecule has 0 aliphatic heterocycles. The van der Waals surface area contributed by atoms with Crippen molar-refractivity contribution in [2.75, 3.05) is 4.72 Å². The Hall–Kier alpha value is -2.99. The summed E-state index contributed by atoms with van der Waals surface area (Å²) < 4.78 is 78.7. The predicted molar refractivity (Wildman–Crippen MR) is 102 cm³/mol. The fraction of sp³-hybridized carbons (Fsp3) is 0.111. The minimum Gasteiger partial charge on any atom is -0.348 e. The molecule has 2 aromatic carbocycles. The highest BCUT2D eigenvalue weighted by molar-refractivity contribution is 7.93. The summed E-state index contributed by atoms with van der Waals surface area (Å²) in [5, 5.41) is 4.04. The smallest absolute Gasteiger partial charge is 0.348 e. The molecular formula is C18H13F4N3O3S2. The Morgan fingerprint density at radius 2 is 1.80 bits per heavy atom. The molecule has 3 rings (SSSR count). The highest BCUT2D eigenvalue weighted by Crippen LogP contribution is 2.29. The first-order valence-corrected chi connectivity index (χ1v) is 10.6. The standard InChI is InChI=1S/C18H13F4N3O3S2/c19-15-9-13(30(27,28)25-17-23-7-8-29-17)5-6-14(15)16(26)24-10-11-1-3-12(4-2-11)18(20,21)22/h1-9H,10H2,(H,23,25)(H,24,26). The third-order valence-electron chi connectivity index (χ3n) is 3.88. The largest absolute Gasteiger partial charge is 0.416 e. The molecule has 3 aromatic rings. The zero-order valence-corrected chi connectivity index (χ0v) is 16.5. The number of aromatic nitrogens is 1. The summed E-state index contributed by atoms with van der Waals surface area (Å²) in [6, 6.07) is 6.90. The Balaban J connectivity index is 1.68. The van der Waals surface area contributed by atoms with Gasteiger partial charge in [-0.15, -0.1) is 11.3 Å². The van der Waals surface area contributed by atoms with E-state index in [-0.39, 0.29) is 11.7 Å². The second kappa shape index (κ2) is 8.40. The summed E-state index contributed by atoms with van der Waals surface area (Å²) in [5.74, 6) is -1.91. The number of benzene rings is 2. The molecule has 0 atom stereocenters. The molecule has 0 aliphatic carbocycles.